The highest BCUT2D eigenvalue weighted by Gasteiger charge is 2.07. The number of likely N-dealkylation sites (N-methyl/N-ethyl adjacent to an activating group) is 1. The third-order valence-corrected chi connectivity index (χ3v) is 3.34. The lowest BCUT2D eigenvalue weighted by atomic mass is 10.3. The van der Waals surface area contributed by atoms with E-state index < -0.39 is 0 Å². The molecule has 3 nitrogen and oxygen atoms in total. The van der Waals surface area contributed by atoms with Gasteiger partial charge in [-0.15, -0.1) is 0 Å². The van der Waals surface area contributed by atoms with Crippen LogP contribution in [0.25, 0.3) is 11.0 Å². The molecule has 0 N–H and O–H groups in total. The quantitative estimate of drug-likeness (QED) is 0.807. The fraction of sp³-hybridized carbons (Fsp3) is 0.417. The maximum Gasteiger partial charge on any atom is 0.106 e. The lowest BCUT2D eigenvalue weighted by Gasteiger charge is -2.11. The number of halogens is 1. The molecule has 1 heterocycles. The smallest absolute Gasteiger partial charge is 0.106 e. The van der Waals surface area contributed by atoms with Crippen molar-refractivity contribution in [3.63, 3.8) is 0 Å². The summed E-state index contributed by atoms with van der Waals surface area (Å²) in [7, 11) is 4.19. The monoisotopic (exact) mass is 329 g/mol. The Morgan fingerprint density at radius 1 is 1.38 bits per heavy atom. The molecule has 2 aromatic rings. The molecule has 0 unspecified atom stereocenters. The highest BCUT2D eigenvalue weighted by atomic mass is 127. The van der Waals surface area contributed by atoms with Gasteiger partial charge in [-0.05, 0) is 61.8 Å². The molecule has 0 saturated heterocycles. The standard InChI is InChI=1S/C12H16IN3/c1-9-14-11-8-10(13)4-5-12(11)16(9)7-6-15(2)3/h4-5,8H,6-7H2,1-3H3. The van der Waals surface area contributed by atoms with Crippen molar-refractivity contribution in [2.45, 2.75) is 13.5 Å². The van der Waals surface area contributed by atoms with Gasteiger partial charge in [-0.25, -0.2) is 4.98 Å². The van der Waals surface area contributed by atoms with Crippen LogP contribution in [-0.2, 0) is 6.54 Å². The van der Waals surface area contributed by atoms with Gasteiger partial charge in [0.2, 0.25) is 0 Å². The molecule has 0 aliphatic heterocycles. The van der Waals surface area contributed by atoms with Gasteiger partial charge in [-0.2, -0.15) is 0 Å². The highest BCUT2D eigenvalue weighted by Crippen LogP contribution is 2.18. The number of aromatic nitrogens is 2. The van der Waals surface area contributed by atoms with Crippen molar-refractivity contribution in [2.24, 2.45) is 0 Å². The molecular weight excluding hydrogens is 313 g/mol. The van der Waals surface area contributed by atoms with E-state index >= 15 is 0 Å². The van der Waals surface area contributed by atoms with E-state index in [1.54, 1.807) is 0 Å². The van der Waals surface area contributed by atoms with E-state index in [9.17, 15) is 0 Å². The van der Waals surface area contributed by atoms with Gasteiger partial charge in [-0.3, -0.25) is 0 Å². The molecule has 0 aliphatic carbocycles. The Morgan fingerprint density at radius 2 is 2.12 bits per heavy atom. The second-order valence-electron chi connectivity index (χ2n) is 4.25. The van der Waals surface area contributed by atoms with Crippen molar-refractivity contribution in [3.05, 3.63) is 27.6 Å². The fourth-order valence-electron chi connectivity index (χ4n) is 1.81. The largest absolute Gasteiger partial charge is 0.327 e. The van der Waals surface area contributed by atoms with Crippen molar-refractivity contribution in [2.75, 3.05) is 20.6 Å². The lowest BCUT2D eigenvalue weighted by Crippen LogP contribution is -2.18. The molecule has 16 heavy (non-hydrogen) atoms. The average Bonchev–Trinajstić information content (AvgIpc) is 2.50. The third kappa shape index (κ3) is 2.38. The minimum absolute atomic E-state index is 0.996. The number of nitrogens with zero attached hydrogens (tertiary/aromatic N) is 3. The first-order valence-corrected chi connectivity index (χ1v) is 6.43. The molecule has 0 atom stereocenters. The highest BCUT2D eigenvalue weighted by molar-refractivity contribution is 14.1. The van der Waals surface area contributed by atoms with Gasteiger partial charge < -0.3 is 9.47 Å². The van der Waals surface area contributed by atoms with Gasteiger partial charge in [0.25, 0.3) is 0 Å². The van der Waals surface area contributed by atoms with Crippen LogP contribution in [-0.4, -0.2) is 35.1 Å². The van der Waals surface area contributed by atoms with Crippen LogP contribution in [0.5, 0.6) is 0 Å². The van der Waals surface area contributed by atoms with Crippen molar-refractivity contribution in [1.29, 1.82) is 0 Å². The van der Waals surface area contributed by atoms with Gasteiger partial charge in [0.15, 0.2) is 0 Å². The number of aryl methyl sites for hydroxylation is 1. The zero-order valence-corrected chi connectivity index (χ0v) is 12.0. The summed E-state index contributed by atoms with van der Waals surface area (Å²) in [4.78, 5) is 6.78. The predicted molar refractivity (Wildman–Crippen MR) is 75.7 cm³/mol. The van der Waals surface area contributed by atoms with E-state index in [2.05, 4.69) is 76.3 Å². The first-order chi connectivity index (χ1) is 7.58. The molecule has 0 bridgehead atoms. The van der Waals surface area contributed by atoms with Crippen molar-refractivity contribution in [3.8, 4) is 0 Å². The number of hydrogen-bond acceptors (Lipinski definition) is 2. The maximum absolute atomic E-state index is 4.59. The first-order valence-electron chi connectivity index (χ1n) is 5.35. The van der Waals surface area contributed by atoms with Crippen molar-refractivity contribution < 1.29 is 0 Å². The van der Waals surface area contributed by atoms with Crippen LogP contribution < -0.4 is 0 Å². The van der Waals surface area contributed by atoms with Crippen LogP contribution in [0.1, 0.15) is 5.82 Å². The summed E-state index contributed by atoms with van der Waals surface area (Å²) in [6.45, 7) is 4.11. The van der Waals surface area contributed by atoms with Gasteiger partial charge >= 0.3 is 0 Å². The van der Waals surface area contributed by atoms with E-state index in [0.29, 0.717) is 0 Å². The summed E-state index contributed by atoms with van der Waals surface area (Å²) in [5.41, 5.74) is 2.34. The summed E-state index contributed by atoms with van der Waals surface area (Å²) < 4.78 is 3.52. The number of rotatable bonds is 3. The van der Waals surface area contributed by atoms with Gasteiger partial charge in [0, 0.05) is 16.7 Å². The second-order valence-corrected chi connectivity index (χ2v) is 5.49. The Morgan fingerprint density at radius 3 is 2.81 bits per heavy atom. The zero-order valence-electron chi connectivity index (χ0n) is 9.87. The molecule has 0 aliphatic rings. The van der Waals surface area contributed by atoms with Crippen LogP contribution in [0.2, 0.25) is 0 Å². The minimum atomic E-state index is 0.996. The van der Waals surface area contributed by atoms with Gasteiger partial charge in [-0.1, -0.05) is 0 Å². The van der Waals surface area contributed by atoms with Gasteiger partial charge in [0.1, 0.15) is 5.82 Å². The number of hydrogen-bond donors (Lipinski definition) is 0. The summed E-state index contributed by atoms with van der Waals surface area (Å²) in [5.74, 6) is 1.10. The van der Waals surface area contributed by atoms with E-state index in [4.69, 9.17) is 0 Å². The molecular formula is C12H16IN3. The van der Waals surface area contributed by atoms with Crippen LogP contribution in [0.4, 0.5) is 0 Å². The molecule has 0 spiro atoms. The molecule has 0 amide bonds. The number of fused-ring (bicyclic) bond motifs is 1. The van der Waals surface area contributed by atoms with Crippen molar-refractivity contribution in [1.82, 2.24) is 14.5 Å². The average molecular weight is 329 g/mol. The molecule has 86 valence electrons. The minimum Gasteiger partial charge on any atom is -0.327 e. The Bertz CT molecular complexity index is 502. The Kier molecular flexibility index (Phi) is 3.49. The van der Waals surface area contributed by atoms with E-state index in [1.807, 2.05) is 0 Å². The van der Waals surface area contributed by atoms with E-state index in [0.717, 1.165) is 24.4 Å². The Balaban J connectivity index is 2.40. The van der Waals surface area contributed by atoms with Crippen LogP contribution in [0, 0.1) is 10.5 Å². The predicted octanol–water partition coefficient (Wildman–Crippen LogP) is 2.51. The topological polar surface area (TPSA) is 21.1 Å². The first kappa shape index (κ1) is 11.9. The zero-order chi connectivity index (χ0) is 11.7. The molecule has 2 rings (SSSR count). The van der Waals surface area contributed by atoms with E-state index in [-0.39, 0.29) is 0 Å². The van der Waals surface area contributed by atoms with Crippen LogP contribution in [0.3, 0.4) is 0 Å². The SMILES string of the molecule is Cc1nc2cc(I)ccc2n1CCN(C)C. The molecule has 1 aromatic carbocycles. The second kappa shape index (κ2) is 4.71. The molecule has 0 fully saturated rings. The normalized spacial score (nSPS) is 11.6. The summed E-state index contributed by atoms with van der Waals surface area (Å²) >= 11 is 2.32. The summed E-state index contributed by atoms with van der Waals surface area (Å²) in [6.07, 6.45) is 0. The van der Waals surface area contributed by atoms with Crippen LogP contribution >= 0.6 is 22.6 Å². The molecule has 1 aromatic heterocycles. The molecule has 0 radical (unpaired) electrons. The van der Waals surface area contributed by atoms with Crippen molar-refractivity contribution >= 4 is 33.6 Å². The van der Waals surface area contributed by atoms with Crippen LogP contribution in [0.15, 0.2) is 18.2 Å². The number of benzene rings is 1. The fourth-order valence-corrected chi connectivity index (χ4v) is 2.28. The lowest BCUT2D eigenvalue weighted by molar-refractivity contribution is 0.384. The Labute approximate surface area is 110 Å². The molecule has 4 heteroatoms. The Hall–Kier alpha value is -0.620. The summed E-state index contributed by atoms with van der Waals surface area (Å²) in [5, 5.41) is 0. The summed E-state index contributed by atoms with van der Waals surface area (Å²) in [6, 6.07) is 6.43. The molecule has 0 saturated carbocycles. The third-order valence-electron chi connectivity index (χ3n) is 2.67. The van der Waals surface area contributed by atoms with Gasteiger partial charge in [0.05, 0.1) is 11.0 Å². The maximum atomic E-state index is 4.59. The number of imidazole rings is 1. The van der Waals surface area contributed by atoms with E-state index in [1.165, 1.54) is 9.09 Å².